The summed E-state index contributed by atoms with van der Waals surface area (Å²) < 4.78 is 12.4. The van der Waals surface area contributed by atoms with Crippen molar-refractivity contribution >= 4 is 5.57 Å². The number of aliphatic hydroxyl groups is 2. The Hall–Kier alpha value is -2.38. The fourth-order valence-corrected chi connectivity index (χ4v) is 9.72. The van der Waals surface area contributed by atoms with Gasteiger partial charge >= 0.3 is 0 Å². The van der Waals surface area contributed by atoms with Gasteiger partial charge in [-0.1, -0.05) is 69.4 Å². The Labute approximate surface area is 303 Å². The summed E-state index contributed by atoms with van der Waals surface area (Å²) in [5.41, 5.74) is 4.77. The summed E-state index contributed by atoms with van der Waals surface area (Å²) in [6, 6.07) is 17.9. The largest absolute Gasteiger partial charge is 0.494 e. The SMILES string of the molecule is CC1CC2CC(C)C(=C(c3ccc(OCCCCCCN4CC(C)(O)C4)cc3)c3ccc(OCCCCCCN4CC(C)(O)C4)cc3)C(C1)C2. The molecule has 0 spiro atoms. The van der Waals surface area contributed by atoms with E-state index in [-0.39, 0.29) is 0 Å². The molecule has 4 aliphatic rings. The minimum atomic E-state index is -0.466. The van der Waals surface area contributed by atoms with Gasteiger partial charge < -0.3 is 19.7 Å². The standard InChI is InChI=1S/C44H66N2O4/c1-33-25-35-27-34(2)41(38(26-33)28-35)42(36-13-17-39(18-14-36)49-23-11-7-5-9-21-45-29-43(3,47)30-45)37-15-19-40(20-16-37)50-24-12-8-6-10-22-46-31-44(4,48)32-46/h13-20,33-35,38,47-48H,5-12,21-32H2,1-4H3. The molecule has 2 bridgehead atoms. The summed E-state index contributed by atoms with van der Waals surface area (Å²) >= 11 is 0. The molecular weight excluding hydrogens is 620 g/mol. The number of rotatable bonds is 18. The van der Waals surface area contributed by atoms with Gasteiger partial charge in [0.2, 0.25) is 0 Å². The van der Waals surface area contributed by atoms with Crippen molar-refractivity contribution < 1.29 is 19.7 Å². The van der Waals surface area contributed by atoms with E-state index < -0.39 is 11.2 Å². The summed E-state index contributed by atoms with van der Waals surface area (Å²) in [6.07, 6.45) is 14.7. The highest BCUT2D eigenvalue weighted by atomic mass is 16.5. The molecule has 0 amide bonds. The normalized spacial score (nSPS) is 25.8. The lowest BCUT2D eigenvalue weighted by atomic mass is 9.61. The highest BCUT2D eigenvalue weighted by molar-refractivity contribution is 5.83. The molecule has 0 aromatic heterocycles. The molecule has 6 heteroatoms. The van der Waals surface area contributed by atoms with Crippen LogP contribution in [0.15, 0.2) is 54.1 Å². The third kappa shape index (κ3) is 10.4. The van der Waals surface area contributed by atoms with Gasteiger partial charge in [-0.2, -0.15) is 0 Å². The summed E-state index contributed by atoms with van der Waals surface area (Å²) in [7, 11) is 0. The van der Waals surface area contributed by atoms with Gasteiger partial charge in [0.15, 0.2) is 0 Å². The number of nitrogens with zero attached hydrogens (tertiary/aromatic N) is 2. The van der Waals surface area contributed by atoms with Crippen molar-refractivity contribution in [3.8, 4) is 11.5 Å². The van der Waals surface area contributed by atoms with E-state index >= 15 is 0 Å². The molecule has 2 aliphatic carbocycles. The smallest absolute Gasteiger partial charge is 0.119 e. The summed E-state index contributed by atoms with van der Waals surface area (Å²) in [5, 5.41) is 19.8. The van der Waals surface area contributed by atoms with Gasteiger partial charge in [0.1, 0.15) is 11.5 Å². The first kappa shape index (κ1) is 37.4. The maximum Gasteiger partial charge on any atom is 0.119 e. The minimum Gasteiger partial charge on any atom is -0.494 e. The second-order valence-corrected chi connectivity index (χ2v) is 17.3. The molecule has 6 rings (SSSR count). The van der Waals surface area contributed by atoms with Crippen molar-refractivity contribution in [1.82, 2.24) is 9.80 Å². The van der Waals surface area contributed by atoms with Crippen LogP contribution in [0.3, 0.4) is 0 Å². The number of fused-ring (bicyclic) bond motifs is 2. The van der Waals surface area contributed by atoms with E-state index in [0.29, 0.717) is 11.8 Å². The maximum absolute atomic E-state index is 9.91. The molecule has 0 radical (unpaired) electrons. The van der Waals surface area contributed by atoms with Crippen LogP contribution in [0.25, 0.3) is 5.57 Å². The van der Waals surface area contributed by atoms with Crippen LogP contribution in [-0.2, 0) is 0 Å². The molecule has 4 fully saturated rings. The first-order valence-corrected chi connectivity index (χ1v) is 20.1. The Morgan fingerprint density at radius 1 is 0.620 bits per heavy atom. The van der Waals surface area contributed by atoms with Crippen molar-refractivity contribution in [2.45, 2.75) is 116 Å². The number of benzene rings is 2. The molecule has 50 heavy (non-hydrogen) atoms. The van der Waals surface area contributed by atoms with Crippen LogP contribution in [0, 0.1) is 23.7 Å². The quantitative estimate of drug-likeness (QED) is 0.153. The lowest BCUT2D eigenvalue weighted by molar-refractivity contribution is -0.0837. The molecule has 4 atom stereocenters. The van der Waals surface area contributed by atoms with Crippen molar-refractivity contribution in [1.29, 1.82) is 0 Å². The first-order chi connectivity index (χ1) is 24.0. The molecule has 276 valence electrons. The second-order valence-electron chi connectivity index (χ2n) is 17.3. The number of unbranched alkanes of at least 4 members (excludes halogenated alkanes) is 6. The number of hydrogen-bond acceptors (Lipinski definition) is 6. The van der Waals surface area contributed by atoms with E-state index in [4.69, 9.17) is 9.47 Å². The van der Waals surface area contributed by atoms with Crippen LogP contribution >= 0.6 is 0 Å². The molecule has 2 heterocycles. The van der Waals surface area contributed by atoms with E-state index in [2.05, 4.69) is 72.2 Å². The first-order valence-electron chi connectivity index (χ1n) is 20.1. The predicted molar refractivity (Wildman–Crippen MR) is 205 cm³/mol. The minimum absolute atomic E-state index is 0.466. The van der Waals surface area contributed by atoms with Crippen molar-refractivity contribution in [2.24, 2.45) is 23.7 Å². The van der Waals surface area contributed by atoms with Crippen LogP contribution in [0.4, 0.5) is 0 Å². The van der Waals surface area contributed by atoms with E-state index in [1.54, 1.807) is 5.57 Å². The van der Waals surface area contributed by atoms with Crippen LogP contribution in [0.5, 0.6) is 11.5 Å². The number of likely N-dealkylation sites (tertiary alicyclic amines) is 2. The Bertz CT molecular complexity index is 1280. The monoisotopic (exact) mass is 687 g/mol. The number of ether oxygens (including phenoxy) is 2. The van der Waals surface area contributed by atoms with Gasteiger partial charge in [0.25, 0.3) is 0 Å². The fraction of sp³-hybridized carbons (Fsp3) is 0.682. The molecule has 2 saturated carbocycles. The maximum atomic E-state index is 9.91. The van der Waals surface area contributed by atoms with Crippen LogP contribution in [0.1, 0.15) is 116 Å². The topological polar surface area (TPSA) is 65.4 Å². The summed E-state index contributed by atoms with van der Waals surface area (Å²) in [5.74, 6) is 4.85. The zero-order valence-corrected chi connectivity index (χ0v) is 31.7. The van der Waals surface area contributed by atoms with Crippen molar-refractivity contribution in [3.63, 3.8) is 0 Å². The van der Waals surface area contributed by atoms with Crippen molar-refractivity contribution in [2.75, 3.05) is 52.5 Å². The third-order valence-electron chi connectivity index (χ3n) is 11.8. The van der Waals surface area contributed by atoms with Crippen LogP contribution < -0.4 is 9.47 Å². The molecular formula is C44H66N2O4. The number of β-amino-alcohol motifs (C(OH)–C–C–N with tert-alkyl or cyclic N) is 2. The Morgan fingerprint density at radius 2 is 1.08 bits per heavy atom. The van der Waals surface area contributed by atoms with E-state index in [0.717, 1.165) is 88.7 Å². The van der Waals surface area contributed by atoms with Gasteiger partial charge in [0.05, 0.1) is 24.4 Å². The van der Waals surface area contributed by atoms with Gasteiger partial charge in [-0.3, -0.25) is 9.80 Å². The lowest BCUT2D eigenvalue weighted by Crippen LogP contribution is -2.59. The van der Waals surface area contributed by atoms with Crippen molar-refractivity contribution in [3.05, 3.63) is 65.2 Å². The Kier molecular flexibility index (Phi) is 12.7. The van der Waals surface area contributed by atoms with Gasteiger partial charge in [-0.05, 0) is 143 Å². The Balaban J connectivity index is 1.02. The van der Waals surface area contributed by atoms with E-state index in [1.807, 2.05) is 13.8 Å². The van der Waals surface area contributed by atoms with E-state index in [9.17, 15) is 10.2 Å². The average Bonchev–Trinajstić information content (AvgIpc) is 3.04. The molecule has 2 aliphatic heterocycles. The highest BCUT2D eigenvalue weighted by Gasteiger charge is 2.39. The molecule has 2 aromatic rings. The zero-order valence-electron chi connectivity index (χ0n) is 31.7. The molecule has 6 nitrogen and oxygen atoms in total. The van der Waals surface area contributed by atoms with E-state index in [1.165, 1.54) is 80.9 Å². The molecule has 4 unspecified atom stereocenters. The molecule has 2 N–H and O–H groups in total. The number of hydrogen-bond donors (Lipinski definition) is 2. The third-order valence-corrected chi connectivity index (χ3v) is 11.8. The average molecular weight is 687 g/mol. The molecule has 2 aromatic carbocycles. The fourth-order valence-electron chi connectivity index (χ4n) is 9.72. The second kappa shape index (κ2) is 17.0. The summed E-state index contributed by atoms with van der Waals surface area (Å²) in [4.78, 5) is 4.69. The highest BCUT2D eigenvalue weighted by Crippen LogP contribution is 2.51. The lowest BCUT2D eigenvalue weighted by Gasteiger charge is -2.44. The molecule has 2 saturated heterocycles. The van der Waals surface area contributed by atoms with Crippen LogP contribution in [-0.4, -0.2) is 83.7 Å². The summed E-state index contributed by atoms with van der Waals surface area (Å²) in [6.45, 7) is 15.8. The van der Waals surface area contributed by atoms with Gasteiger partial charge in [-0.25, -0.2) is 0 Å². The van der Waals surface area contributed by atoms with Gasteiger partial charge in [0, 0.05) is 26.2 Å². The van der Waals surface area contributed by atoms with Crippen LogP contribution in [0.2, 0.25) is 0 Å². The van der Waals surface area contributed by atoms with Gasteiger partial charge in [-0.15, -0.1) is 0 Å². The zero-order chi connectivity index (χ0) is 35.1. The Morgan fingerprint density at radius 3 is 1.54 bits per heavy atom. The predicted octanol–water partition coefficient (Wildman–Crippen LogP) is 8.59. The number of allylic oxidation sites excluding steroid dienone is 1.